The highest BCUT2D eigenvalue weighted by molar-refractivity contribution is 5.77. The standard InChI is InChI=1S/C82H150N2O21/c1-4-6-8-10-12-14-16-18-20-22-23-24-25-26-27-28-29-30-31-32-33-34-35-36-37-38-39-40-42-44-46-48-50-52-54-56-69(92)84-63(64(89)55-53-51-49-47-45-43-41-21-19-17-15-13-11-9-7-5-2)61-100-79-74(96)73(95)76(68(60-87)102-79)103-80-75(97)78(72(94)67(59-86)101-80)105-82(81(98)99)57-65(90)70(83-62(3)88)77(104-82)71(93)66(91)58-85/h25-26,28-29,53,55,63-68,70-80,85-87,89-91,93-97H,4-24,27,30-52,54,56-61H2,1-3H3,(H,83,88)(H,84,92)(H,98,99)/b26-25-,29-28-,55-53+. The summed E-state index contributed by atoms with van der Waals surface area (Å²) in [4.78, 5) is 38.7. The molecule has 105 heavy (non-hydrogen) atoms. The van der Waals surface area contributed by atoms with Gasteiger partial charge < -0.3 is 100 Å². The number of carboxylic acids is 1. The fourth-order valence-electron chi connectivity index (χ4n) is 14.4. The van der Waals surface area contributed by atoms with Gasteiger partial charge in [-0.25, -0.2) is 4.79 Å². The third kappa shape index (κ3) is 40.6. The predicted molar refractivity (Wildman–Crippen MR) is 407 cm³/mol. The van der Waals surface area contributed by atoms with Crippen LogP contribution in [0.15, 0.2) is 36.5 Å². The maximum atomic E-state index is 13.5. The van der Waals surface area contributed by atoms with Crippen LogP contribution in [0, 0.1) is 0 Å². The molecule has 3 heterocycles. The highest BCUT2D eigenvalue weighted by atomic mass is 16.8. The first-order valence-corrected chi connectivity index (χ1v) is 41.9. The van der Waals surface area contributed by atoms with Gasteiger partial charge in [0.2, 0.25) is 11.8 Å². The highest BCUT2D eigenvalue weighted by Gasteiger charge is 2.60. The Labute approximate surface area is 631 Å². The molecule has 18 unspecified atom stereocenters. The smallest absolute Gasteiger partial charge is 0.364 e. The van der Waals surface area contributed by atoms with Crippen LogP contribution in [0.2, 0.25) is 0 Å². The molecule has 0 aromatic carbocycles. The molecule has 3 saturated heterocycles. The van der Waals surface area contributed by atoms with Crippen LogP contribution in [0.5, 0.6) is 0 Å². The van der Waals surface area contributed by atoms with E-state index in [2.05, 4.69) is 48.8 Å². The summed E-state index contributed by atoms with van der Waals surface area (Å²) >= 11 is 0. The third-order valence-corrected chi connectivity index (χ3v) is 21.1. The quantitative estimate of drug-likeness (QED) is 0.0199. The van der Waals surface area contributed by atoms with Gasteiger partial charge in [0.25, 0.3) is 5.79 Å². The molecule has 0 aromatic rings. The number of nitrogens with one attached hydrogen (secondary N) is 2. The Morgan fingerprint density at radius 1 is 0.505 bits per heavy atom. The molecule has 614 valence electrons. The SMILES string of the molecule is CCCCCCCCCCCCC/C=C\C/C=C\CCCCCCCCCCCCCCCCCCCC(=O)NC(COC1OC(CO)C(OC2OC(CO)C(O)C(OC3(C(=O)O)CC(O)C(NC(C)=O)C(C(O)C(O)CO)O3)C2O)C(O)C1O)C(O)/C=C/CCCCCCCCCCCCCCCC. The summed E-state index contributed by atoms with van der Waals surface area (Å²) in [5.41, 5.74) is 0. The molecule has 3 aliphatic heterocycles. The molecular formula is C82H150N2O21. The number of aliphatic hydroxyl groups excluding tert-OH is 11. The zero-order chi connectivity index (χ0) is 76.7. The number of hydrogen-bond acceptors (Lipinski definition) is 20. The first kappa shape index (κ1) is 96.2. The summed E-state index contributed by atoms with van der Waals surface area (Å²) in [6.45, 7) is 2.17. The first-order valence-electron chi connectivity index (χ1n) is 41.9. The van der Waals surface area contributed by atoms with Crippen molar-refractivity contribution in [2.45, 2.75) is 439 Å². The lowest BCUT2D eigenvalue weighted by Gasteiger charge is -2.50. The van der Waals surface area contributed by atoms with Gasteiger partial charge in [0, 0.05) is 19.8 Å². The average molecular weight is 1500 g/mol. The van der Waals surface area contributed by atoms with Crippen molar-refractivity contribution in [2.75, 3.05) is 26.4 Å². The Balaban J connectivity index is 1.44. The number of carbonyl (C=O) groups is 3. The van der Waals surface area contributed by atoms with E-state index in [1.807, 2.05) is 6.08 Å². The second-order valence-corrected chi connectivity index (χ2v) is 30.3. The third-order valence-electron chi connectivity index (χ3n) is 21.1. The Morgan fingerprint density at radius 2 is 0.924 bits per heavy atom. The minimum Gasteiger partial charge on any atom is -0.477 e. The van der Waals surface area contributed by atoms with Crippen LogP contribution in [0.4, 0.5) is 0 Å². The van der Waals surface area contributed by atoms with Gasteiger partial charge in [-0.2, -0.15) is 0 Å². The lowest BCUT2D eigenvalue weighted by molar-refractivity contribution is -0.386. The van der Waals surface area contributed by atoms with Crippen molar-refractivity contribution in [2.24, 2.45) is 0 Å². The summed E-state index contributed by atoms with van der Waals surface area (Å²) in [5, 5.41) is 136. The van der Waals surface area contributed by atoms with Gasteiger partial charge in [-0.1, -0.05) is 294 Å². The molecule has 0 radical (unpaired) electrons. The summed E-state index contributed by atoms with van der Waals surface area (Å²) in [7, 11) is 0. The fourth-order valence-corrected chi connectivity index (χ4v) is 14.4. The number of carboxylic acid groups (broad SMARTS) is 1. The molecule has 3 fully saturated rings. The minimum absolute atomic E-state index is 0.202. The molecule has 23 heteroatoms. The van der Waals surface area contributed by atoms with E-state index >= 15 is 0 Å². The van der Waals surface area contributed by atoms with Gasteiger partial charge in [-0.05, 0) is 51.4 Å². The Morgan fingerprint density at radius 3 is 1.34 bits per heavy atom. The molecule has 0 aromatic heterocycles. The van der Waals surface area contributed by atoms with E-state index < -0.39 is 155 Å². The van der Waals surface area contributed by atoms with Gasteiger partial charge in [0.15, 0.2) is 12.6 Å². The maximum Gasteiger partial charge on any atom is 0.364 e. The first-order chi connectivity index (χ1) is 50.9. The number of amides is 2. The molecule has 0 spiro atoms. The van der Waals surface area contributed by atoms with Crippen LogP contribution in [0.3, 0.4) is 0 Å². The molecule has 23 nitrogen and oxygen atoms in total. The number of carbonyl (C=O) groups excluding carboxylic acids is 2. The van der Waals surface area contributed by atoms with Crippen molar-refractivity contribution in [1.82, 2.24) is 10.6 Å². The number of aliphatic carboxylic acids is 1. The lowest BCUT2D eigenvalue weighted by atomic mass is 9.88. The molecule has 0 aliphatic carbocycles. The normalized spacial score (nSPS) is 26.4. The van der Waals surface area contributed by atoms with E-state index in [9.17, 15) is 75.7 Å². The van der Waals surface area contributed by atoms with Crippen LogP contribution < -0.4 is 10.6 Å². The van der Waals surface area contributed by atoms with Crippen molar-refractivity contribution in [3.8, 4) is 0 Å². The minimum atomic E-state index is -3.08. The number of ether oxygens (including phenoxy) is 6. The number of hydrogen-bond donors (Lipinski definition) is 14. The predicted octanol–water partition coefficient (Wildman–Crippen LogP) is 11.7. The number of rotatable bonds is 66. The van der Waals surface area contributed by atoms with Crippen molar-refractivity contribution in [3.05, 3.63) is 36.5 Å². The molecule has 2 amide bonds. The summed E-state index contributed by atoms with van der Waals surface area (Å²) < 4.78 is 34.9. The van der Waals surface area contributed by atoms with E-state index in [1.165, 1.54) is 231 Å². The Kier molecular flexibility index (Phi) is 55.5. The van der Waals surface area contributed by atoms with Gasteiger partial charge >= 0.3 is 5.97 Å². The average Bonchev–Trinajstić information content (AvgIpc) is 0.753. The van der Waals surface area contributed by atoms with Gasteiger partial charge in [-0.15, -0.1) is 0 Å². The number of aliphatic hydroxyl groups is 11. The summed E-state index contributed by atoms with van der Waals surface area (Å²) in [6, 6.07) is -2.62. The second-order valence-electron chi connectivity index (χ2n) is 30.3. The largest absolute Gasteiger partial charge is 0.477 e. The van der Waals surface area contributed by atoms with Crippen molar-refractivity contribution in [3.63, 3.8) is 0 Å². The van der Waals surface area contributed by atoms with Crippen molar-refractivity contribution >= 4 is 17.8 Å². The molecule has 0 saturated carbocycles. The van der Waals surface area contributed by atoms with E-state index in [0.717, 1.165) is 58.3 Å². The monoisotopic (exact) mass is 1500 g/mol. The second kappa shape index (κ2) is 60.6. The van der Waals surface area contributed by atoms with Gasteiger partial charge in [0.05, 0.1) is 50.7 Å². The van der Waals surface area contributed by atoms with E-state index in [4.69, 9.17) is 28.4 Å². The van der Waals surface area contributed by atoms with Gasteiger partial charge in [-0.3, -0.25) is 9.59 Å². The van der Waals surface area contributed by atoms with E-state index in [-0.39, 0.29) is 12.3 Å². The number of unbranched alkanes of at least 4 members (excludes halogenated alkanes) is 42. The topological polar surface area (TPSA) is 373 Å². The molecule has 18 atom stereocenters. The molecule has 14 N–H and O–H groups in total. The van der Waals surface area contributed by atoms with Crippen molar-refractivity contribution < 1.29 is 104 Å². The molecule has 0 bridgehead atoms. The maximum absolute atomic E-state index is 13.5. The van der Waals surface area contributed by atoms with E-state index in [0.29, 0.717) is 12.8 Å². The van der Waals surface area contributed by atoms with Crippen LogP contribution >= 0.6 is 0 Å². The lowest BCUT2D eigenvalue weighted by Crippen LogP contribution is -2.70. The Bertz CT molecular complexity index is 2230. The van der Waals surface area contributed by atoms with Crippen LogP contribution in [0.1, 0.15) is 329 Å². The number of allylic oxidation sites excluding steroid dienone is 5. The Hall–Kier alpha value is -3.05. The molecular weight excluding hydrogens is 1350 g/mol. The molecule has 3 aliphatic rings. The van der Waals surface area contributed by atoms with Crippen molar-refractivity contribution in [1.29, 1.82) is 0 Å². The highest BCUT2D eigenvalue weighted by Crippen LogP contribution is 2.39. The fraction of sp³-hybridized carbons (Fsp3) is 0.890. The van der Waals surface area contributed by atoms with Gasteiger partial charge in [0.1, 0.15) is 67.1 Å². The van der Waals surface area contributed by atoms with Crippen LogP contribution in [-0.2, 0) is 42.8 Å². The summed E-state index contributed by atoms with van der Waals surface area (Å²) in [6.07, 6.45) is 40.6. The summed E-state index contributed by atoms with van der Waals surface area (Å²) in [5.74, 6) is -6.14. The van der Waals surface area contributed by atoms with Crippen LogP contribution in [0.25, 0.3) is 0 Å². The van der Waals surface area contributed by atoms with E-state index in [1.54, 1.807) is 6.08 Å². The zero-order valence-electron chi connectivity index (χ0n) is 65.1. The molecule has 3 rings (SSSR count). The zero-order valence-corrected chi connectivity index (χ0v) is 65.1. The van der Waals surface area contributed by atoms with Crippen LogP contribution in [-0.4, -0.2) is 215 Å².